The third kappa shape index (κ3) is 3.58. The van der Waals surface area contributed by atoms with Crippen LogP contribution in [0.5, 0.6) is 0 Å². The Morgan fingerprint density at radius 1 is 1.00 bits per heavy atom. The van der Waals surface area contributed by atoms with Crippen molar-refractivity contribution in [3.05, 3.63) is 101 Å². The van der Waals surface area contributed by atoms with E-state index in [1.165, 1.54) is 23.1 Å². The van der Waals surface area contributed by atoms with Crippen molar-refractivity contribution < 1.29 is 18.3 Å². The lowest BCUT2D eigenvalue weighted by Crippen LogP contribution is -2.27. The monoisotopic (exact) mass is 419 g/mol. The van der Waals surface area contributed by atoms with E-state index in [2.05, 4.69) is 29.5 Å². The summed E-state index contributed by atoms with van der Waals surface area (Å²) in [5.41, 5.74) is -1.02. The summed E-state index contributed by atoms with van der Waals surface area (Å²) < 4.78 is 33.6. The van der Waals surface area contributed by atoms with Gasteiger partial charge in [0.05, 0.1) is 5.56 Å². The molecule has 0 bridgehead atoms. The number of hydrogen-bond acceptors (Lipinski definition) is 2. The Bertz CT molecular complexity index is 1280. The summed E-state index contributed by atoms with van der Waals surface area (Å²) in [4.78, 5) is 13.8. The first-order valence-electron chi connectivity index (χ1n) is 9.18. The van der Waals surface area contributed by atoms with Crippen LogP contribution in [0, 0.1) is 24.0 Å². The van der Waals surface area contributed by atoms with E-state index >= 15 is 0 Å². The third-order valence-corrected chi connectivity index (χ3v) is 6.96. The van der Waals surface area contributed by atoms with Gasteiger partial charge in [-0.25, -0.2) is 13.6 Å². The predicted molar refractivity (Wildman–Crippen MR) is 116 cm³/mol. The molecule has 30 heavy (non-hydrogen) atoms. The molecule has 1 heterocycles. The largest absolute Gasteiger partial charge is 0.438 e. The summed E-state index contributed by atoms with van der Waals surface area (Å²) in [5.74, 6) is -0.324. The SMILES string of the molecule is C#CC(C)(OC(=O)c1ccc(-[s+]2ccc3ccccc32)cc1)c1ccc(F)c(F)c1. The van der Waals surface area contributed by atoms with Crippen molar-refractivity contribution in [2.45, 2.75) is 12.5 Å². The van der Waals surface area contributed by atoms with Crippen LogP contribution in [-0.4, -0.2) is 5.97 Å². The fourth-order valence-electron chi connectivity index (χ4n) is 3.19. The Morgan fingerprint density at radius 3 is 2.43 bits per heavy atom. The molecule has 0 saturated heterocycles. The smallest absolute Gasteiger partial charge is 0.339 e. The van der Waals surface area contributed by atoms with E-state index in [0.29, 0.717) is 5.56 Å². The molecule has 0 amide bonds. The molecule has 0 aliphatic rings. The zero-order valence-corrected chi connectivity index (χ0v) is 16.9. The molecule has 1 aromatic heterocycles. The van der Waals surface area contributed by atoms with Crippen LogP contribution in [0.2, 0.25) is 0 Å². The van der Waals surface area contributed by atoms with Crippen LogP contribution in [0.1, 0.15) is 22.8 Å². The van der Waals surface area contributed by atoms with Crippen molar-refractivity contribution in [1.82, 2.24) is 0 Å². The Labute approximate surface area is 175 Å². The van der Waals surface area contributed by atoms with Gasteiger partial charge in [-0.1, -0.05) is 24.1 Å². The number of benzene rings is 3. The quantitative estimate of drug-likeness (QED) is 0.213. The average molecular weight is 419 g/mol. The minimum atomic E-state index is -1.53. The highest BCUT2D eigenvalue weighted by atomic mass is 32.2. The molecule has 5 heteroatoms. The molecular formula is C25H17F2O2S+. The molecular weight excluding hydrogens is 402 g/mol. The minimum Gasteiger partial charge on any atom is -0.438 e. The molecule has 0 saturated carbocycles. The second-order valence-corrected chi connectivity index (χ2v) is 8.76. The van der Waals surface area contributed by atoms with Crippen LogP contribution in [0.15, 0.2) is 78.2 Å². The maximum Gasteiger partial charge on any atom is 0.339 e. The first-order valence-corrected chi connectivity index (χ1v) is 10.5. The maximum atomic E-state index is 13.6. The number of thiophene rings is 1. The molecule has 0 aliphatic carbocycles. The highest BCUT2D eigenvalue weighted by molar-refractivity contribution is 7.43. The third-order valence-electron chi connectivity index (χ3n) is 4.93. The minimum absolute atomic E-state index is 0.183. The summed E-state index contributed by atoms with van der Waals surface area (Å²) in [5, 5.41) is 3.34. The van der Waals surface area contributed by atoms with Crippen molar-refractivity contribution >= 4 is 26.5 Å². The first kappa shape index (κ1) is 19.8. The van der Waals surface area contributed by atoms with Gasteiger partial charge >= 0.3 is 5.97 Å². The van der Waals surface area contributed by atoms with Gasteiger partial charge in [0.25, 0.3) is 0 Å². The molecule has 2 nitrogen and oxygen atoms in total. The van der Waals surface area contributed by atoms with Gasteiger partial charge in [0.1, 0.15) is 5.38 Å². The molecule has 2 atom stereocenters. The van der Waals surface area contributed by atoms with Crippen LogP contribution in [-0.2, 0) is 10.3 Å². The summed E-state index contributed by atoms with van der Waals surface area (Å²) in [7, 11) is -0.185. The zero-order valence-electron chi connectivity index (χ0n) is 16.1. The van der Waals surface area contributed by atoms with E-state index in [9.17, 15) is 13.6 Å². The van der Waals surface area contributed by atoms with E-state index in [4.69, 9.17) is 11.2 Å². The average Bonchev–Trinajstić information content (AvgIpc) is 3.20. The van der Waals surface area contributed by atoms with Gasteiger partial charge in [-0.05, 0) is 55.5 Å². The standard InChI is InChI=1S/C25H17F2O2S/c1-3-25(2,19-10-13-21(26)22(27)16-19)29-24(28)18-8-11-20(12-9-18)30-15-14-17-6-4-5-7-23(17)30/h1,4-16H,2H3/q+1. The van der Waals surface area contributed by atoms with Gasteiger partial charge in [0.15, 0.2) is 26.8 Å². The Kier molecular flexibility index (Phi) is 5.11. The molecule has 0 N–H and O–H groups in total. The lowest BCUT2D eigenvalue weighted by Gasteiger charge is -2.24. The molecule has 0 fully saturated rings. The number of fused-ring (bicyclic) bond motifs is 1. The molecule has 4 rings (SSSR count). The van der Waals surface area contributed by atoms with E-state index < -0.39 is 23.2 Å². The summed E-state index contributed by atoms with van der Waals surface area (Å²) in [6.45, 7) is 1.47. The van der Waals surface area contributed by atoms with Gasteiger partial charge < -0.3 is 4.74 Å². The Hall–Kier alpha value is -3.49. The lowest BCUT2D eigenvalue weighted by molar-refractivity contribution is 0.0128. The van der Waals surface area contributed by atoms with Crippen molar-refractivity contribution in [2.24, 2.45) is 0 Å². The second-order valence-electron chi connectivity index (χ2n) is 6.90. The van der Waals surface area contributed by atoms with Crippen molar-refractivity contribution in [2.75, 3.05) is 0 Å². The molecule has 0 spiro atoms. The summed E-state index contributed by atoms with van der Waals surface area (Å²) >= 11 is 0. The molecule has 0 aliphatic heterocycles. The highest BCUT2D eigenvalue weighted by Crippen LogP contribution is 2.39. The maximum absolute atomic E-state index is 13.6. The predicted octanol–water partition coefficient (Wildman–Crippen LogP) is 6.56. The number of carbonyl (C=O) groups is 1. The van der Waals surface area contributed by atoms with Gasteiger partial charge in [-0.3, -0.25) is 0 Å². The highest BCUT2D eigenvalue weighted by Gasteiger charge is 2.30. The van der Waals surface area contributed by atoms with E-state index in [1.54, 1.807) is 12.1 Å². The number of carbonyl (C=O) groups excluding carboxylic acids is 1. The summed E-state index contributed by atoms with van der Waals surface area (Å²) in [6, 6.07) is 20.6. The number of hydrogen-bond donors (Lipinski definition) is 0. The van der Waals surface area contributed by atoms with Gasteiger partial charge in [0, 0.05) is 27.5 Å². The van der Waals surface area contributed by atoms with Crippen LogP contribution in [0.4, 0.5) is 8.78 Å². The van der Waals surface area contributed by atoms with Gasteiger partial charge in [-0.2, -0.15) is 0 Å². The number of ether oxygens (including phenoxy) is 1. The Morgan fingerprint density at radius 2 is 1.73 bits per heavy atom. The zero-order chi connectivity index (χ0) is 21.3. The van der Waals surface area contributed by atoms with Gasteiger partial charge in [0.2, 0.25) is 0 Å². The molecule has 148 valence electrons. The Balaban J connectivity index is 1.59. The molecule has 2 unspecified atom stereocenters. The fraction of sp³-hybridized carbons (Fsp3) is 0.0800. The van der Waals surface area contributed by atoms with E-state index in [0.717, 1.165) is 17.0 Å². The number of rotatable bonds is 4. The fourth-order valence-corrected chi connectivity index (χ4v) is 5.07. The van der Waals surface area contributed by atoms with Crippen molar-refractivity contribution in [1.29, 1.82) is 0 Å². The number of terminal acetylenes is 1. The molecule has 0 radical (unpaired) electrons. The van der Waals surface area contributed by atoms with Crippen molar-refractivity contribution in [3.8, 4) is 17.2 Å². The molecule has 3 aromatic carbocycles. The molecule has 4 aromatic rings. The normalized spacial score (nSPS) is 13.5. The first-order chi connectivity index (χ1) is 14.4. The summed E-state index contributed by atoms with van der Waals surface area (Å²) in [6.07, 6.45) is 5.56. The number of esters is 1. The van der Waals surface area contributed by atoms with Crippen molar-refractivity contribution in [3.63, 3.8) is 0 Å². The van der Waals surface area contributed by atoms with Crippen LogP contribution < -0.4 is 0 Å². The van der Waals surface area contributed by atoms with Crippen LogP contribution in [0.25, 0.3) is 15.0 Å². The van der Waals surface area contributed by atoms with Crippen LogP contribution in [0.3, 0.4) is 0 Å². The van der Waals surface area contributed by atoms with Crippen LogP contribution >= 0.6 is 10.5 Å². The lowest BCUT2D eigenvalue weighted by atomic mass is 9.96. The van der Waals surface area contributed by atoms with E-state index in [1.807, 2.05) is 24.3 Å². The van der Waals surface area contributed by atoms with Gasteiger partial charge in [-0.15, -0.1) is 6.42 Å². The second kappa shape index (κ2) is 7.74. The number of halogens is 2. The topological polar surface area (TPSA) is 26.3 Å². The van der Waals surface area contributed by atoms with E-state index in [-0.39, 0.29) is 16.0 Å².